The van der Waals surface area contributed by atoms with Crippen molar-refractivity contribution in [1.82, 2.24) is 0 Å². The van der Waals surface area contributed by atoms with E-state index in [0.717, 1.165) is 8.95 Å². The number of anilines is 3. The van der Waals surface area contributed by atoms with Crippen molar-refractivity contribution in [2.24, 2.45) is 5.92 Å². The van der Waals surface area contributed by atoms with Crippen LogP contribution in [-0.2, 0) is 9.53 Å². The van der Waals surface area contributed by atoms with E-state index in [1.807, 2.05) is 19.1 Å². The Morgan fingerprint density at radius 1 is 1.03 bits per heavy atom. The zero-order valence-electron chi connectivity index (χ0n) is 19.9. The predicted molar refractivity (Wildman–Crippen MR) is 158 cm³/mol. The number of aromatic hydroxyl groups is 1. The van der Waals surface area contributed by atoms with Gasteiger partial charge < -0.3 is 20.9 Å². The topological polar surface area (TPSA) is 114 Å². The van der Waals surface area contributed by atoms with Gasteiger partial charge in [-0.25, -0.2) is 4.79 Å². The van der Waals surface area contributed by atoms with Crippen molar-refractivity contribution in [3.05, 3.63) is 91.8 Å². The molecule has 0 aromatic heterocycles. The summed E-state index contributed by atoms with van der Waals surface area (Å²) in [6.45, 7) is 1.92. The number of ether oxygens (including phenoxy) is 1. The molecule has 5 N–H and O–H groups in total. The Hall–Kier alpha value is -2.82. The van der Waals surface area contributed by atoms with Crippen molar-refractivity contribution >= 4 is 76.9 Å². The largest absolute Gasteiger partial charge is 0.506 e. The van der Waals surface area contributed by atoms with E-state index >= 15 is 0 Å². The molecule has 194 valence electrons. The summed E-state index contributed by atoms with van der Waals surface area (Å²) < 4.78 is 7.89. The monoisotopic (exact) mass is 693 g/mol. The summed E-state index contributed by atoms with van der Waals surface area (Å²) >= 11 is 10.1. The van der Waals surface area contributed by atoms with E-state index < -0.39 is 12.2 Å². The van der Waals surface area contributed by atoms with Gasteiger partial charge in [0.15, 0.2) is 0 Å². The fraction of sp³-hybridized carbons (Fsp3) is 0.185. The molecule has 0 radical (unpaired) electrons. The van der Waals surface area contributed by atoms with Gasteiger partial charge in [0.2, 0.25) is 5.91 Å². The zero-order chi connectivity index (χ0) is 26.9. The quantitative estimate of drug-likeness (QED) is 0.133. The Balaban J connectivity index is 1.69. The molecule has 7 nitrogen and oxygen atoms in total. The Labute approximate surface area is 240 Å². The Morgan fingerprint density at radius 2 is 1.73 bits per heavy atom. The molecule has 0 aliphatic carbocycles. The van der Waals surface area contributed by atoms with Gasteiger partial charge in [0.25, 0.3) is 0 Å². The molecule has 10 heteroatoms. The summed E-state index contributed by atoms with van der Waals surface area (Å²) in [5, 5.41) is 16.2. The van der Waals surface area contributed by atoms with Gasteiger partial charge in [-0.1, -0.05) is 57.0 Å². The molecular formula is C27H26Br3N3O4. The minimum atomic E-state index is -0.754. The van der Waals surface area contributed by atoms with E-state index in [4.69, 9.17) is 10.5 Å². The molecule has 0 fully saturated rings. The first-order valence-electron chi connectivity index (χ1n) is 11.4. The van der Waals surface area contributed by atoms with E-state index in [0.29, 0.717) is 39.9 Å². The van der Waals surface area contributed by atoms with Crippen molar-refractivity contribution in [3.8, 4) is 5.75 Å². The highest BCUT2D eigenvalue weighted by molar-refractivity contribution is 9.11. The highest BCUT2D eigenvalue weighted by atomic mass is 79.9. The molecule has 3 aromatic carbocycles. The Bertz CT molecular complexity index is 1280. The van der Waals surface area contributed by atoms with E-state index in [1.165, 1.54) is 6.08 Å². The van der Waals surface area contributed by atoms with Crippen molar-refractivity contribution in [3.63, 3.8) is 0 Å². The van der Waals surface area contributed by atoms with Crippen LogP contribution in [-0.4, -0.2) is 17.1 Å². The van der Waals surface area contributed by atoms with Crippen LogP contribution >= 0.6 is 47.8 Å². The fourth-order valence-electron chi connectivity index (χ4n) is 3.57. The molecule has 0 saturated carbocycles. The number of amides is 2. The number of nitrogen functional groups attached to an aromatic ring is 1. The van der Waals surface area contributed by atoms with Gasteiger partial charge in [0.1, 0.15) is 11.9 Å². The molecule has 0 bridgehead atoms. The molecule has 37 heavy (non-hydrogen) atoms. The molecule has 0 saturated heterocycles. The van der Waals surface area contributed by atoms with Gasteiger partial charge in [0, 0.05) is 20.2 Å². The highest BCUT2D eigenvalue weighted by Crippen LogP contribution is 2.40. The van der Waals surface area contributed by atoms with Crippen LogP contribution in [0.1, 0.15) is 31.4 Å². The summed E-state index contributed by atoms with van der Waals surface area (Å²) in [6, 6.07) is 17.6. The molecule has 0 heterocycles. The first-order valence-corrected chi connectivity index (χ1v) is 13.7. The standard InChI is InChI=1S/C27H26Br3N3O4/c1-16(6-2-5-9-24(34)33-23-8-4-3-7-22(23)31)26(20-14-18(29)15-21(30)25(20)35)37-27(36)32-19-12-10-17(28)11-13-19/h3-5,7-16,26,35H,2,6,31H2,1H3,(H,32,36)(H,33,34)/b9-5+/t16-,26+/m0/s1. The van der Waals surface area contributed by atoms with Crippen LogP contribution in [0.25, 0.3) is 0 Å². The summed E-state index contributed by atoms with van der Waals surface area (Å²) in [6.07, 6.45) is 2.92. The molecule has 3 aromatic rings. The van der Waals surface area contributed by atoms with Crippen molar-refractivity contribution in [2.75, 3.05) is 16.4 Å². The van der Waals surface area contributed by atoms with E-state index in [9.17, 15) is 14.7 Å². The molecule has 3 rings (SSSR count). The third kappa shape index (κ3) is 8.62. The zero-order valence-corrected chi connectivity index (χ0v) is 24.6. The summed E-state index contributed by atoms with van der Waals surface area (Å²) in [7, 11) is 0. The fourth-order valence-corrected chi connectivity index (χ4v) is 5.09. The number of hydrogen-bond donors (Lipinski definition) is 4. The number of rotatable bonds is 9. The van der Waals surface area contributed by atoms with Crippen LogP contribution in [0.2, 0.25) is 0 Å². The molecule has 0 aliphatic rings. The second-order valence-electron chi connectivity index (χ2n) is 8.32. The van der Waals surface area contributed by atoms with Crippen LogP contribution in [0.15, 0.2) is 86.2 Å². The Kier molecular flexibility index (Phi) is 10.6. The second-order valence-corrected chi connectivity index (χ2v) is 11.0. The highest BCUT2D eigenvalue weighted by Gasteiger charge is 2.27. The first-order chi connectivity index (χ1) is 17.6. The molecular weight excluding hydrogens is 670 g/mol. The summed E-state index contributed by atoms with van der Waals surface area (Å²) in [4.78, 5) is 25.0. The minimum absolute atomic E-state index is 0.00754. The number of halogens is 3. The molecule has 2 atom stereocenters. The maximum Gasteiger partial charge on any atom is 0.412 e. The number of hydrogen-bond acceptors (Lipinski definition) is 5. The van der Waals surface area contributed by atoms with Crippen LogP contribution < -0.4 is 16.4 Å². The normalized spacial score (nSPS) is 12.6. The van der Waals surface area contributed by atoms with Gasteiger partial charge >= 0.3 is 6.09 Å². The average Bonchev–Trinajstić information content (AvgIpc) is 2.85. The first kappa shape index (κ1) is 28.7. The number of phenolic OH excluding ortho intramolecular Hbond substituents is 1. The lowest BCUT2D eigenvalue weighted by atomic mass is 9.92. The number of carbonyl (C=O) groups excluding carboxylic acids is 2. The van der Waals surface area contributed by atoms with Crippen molar-refractivity contribution in [1.29, 1.82) is 0 Å². The van der Waals surface area contributed by atoms with Gasteiger partial charge in [0.05, 0.1) is 15.8 Å². The van der Waals surface area contributed by atoms with E-state index in [2.05, 4.69) is 58.4 Å². The number of para-hydroxylation sites is 2. The van der Waals surface area contributed by atoms with Crippen LogP contribution in [0, 0.1) is 5.92 Å². The van der Waals surface area contributed by atoms with Gasteiger partial charge in [-0.3, -0.25) is 10.1 Å². The summed E-state index contributed by atoms with van der Waals surface area (Å²) in [5.41, 5.74) is 7.93. The lowest BCUT2D eigenvalue weighted by molar-refractivity contribution is -0.111. The van der Waals surface area contributed by atoms with Gasteiger partial charge in [-0.05, 0) is 89.3 Å². The van der Waals surface area contributed by atoms with Gasteiger partial charge in [-0.2, -0.15) is 0 Å². The number of benzene rings is 3. The predicted octanol–water partition coefficient (Wildman–Crippen LogP) is 8.16. The van der Waals surface area contributed by atoms with Crippen LogP contribution in [0.3, 0.4) is 0 Å². The average molecular weight is 696 g/mol. The number of carbonyl (C=O) groups is 2. The number of nitrogens with two attached hydrogens (primary N) is 1. The molecule has 0 unspecified atom stereocenters. The Morgan fingerprint density at radius 3 is 2.43 bits per heavy atom. The van der Waals surface area contributed by atoms with Gasteiger partial charge in [-0.15, -0.1) is 0 Å². The van der Waals surface area contributed by atoms with Crippen molar-refractivity contribution in [2.45, 2.75) is 25.9 Å². The second kappa shape index (κ2) is 13.6. The maximum absolute atomic E-state index is 12.8. The lowest BCUT2D eigenvalue weighted by Gasteiger charge is -2.26. The number of allylic oxidation sites excluding steroid dienone is 1. The SMILES string of the molecule is C[C@@H](CC/C=C/C(=O)Nc1ccccc1N)[C@@H](OC(=O)Nc1ccc(Br)cc1)c1cc(Br)cc(Br)c1O. The van der Waals surface area contributed by atoms with Crippen LogP contribution in [0.4, 0.5) is 21.9 Å². The summed E-state index contributed by atoms with van der Waals surface area (Å²) in [5.74, 6) is -0.493. The van der Waals surface area contributed by atoms with E-state index in [-0.39, 0.29) is 17.6 Å². The number of phenols is 1. The van der Waals surface area contributed by atoms with Crippen LogP contribution in [0.5, 0.6) is 5.75 Å². The van der Waals surface area contributed by atoms with Crippen molar-refractivity contribution < 1.29 is 19.4 Å². The molecule has 0 aliphatic heterocycles. The molecule has 0 spiro atoms. The maximum atomic E-state index is 12.8. The third-order valence-corrected chi connectivity index (χ3v) is 7.07. The lowest BCUT2D eigenvalue weighted by Crippen LogP contribution is -2.22. The number of nitrogens with one attached hydrogen (secondary N) is 2. The third-order valence-electron chi connectivity index (χ3n) is 5.48. The van der Waals surface area contributed by atoms with E-state index in [1.54, 1.807) is 54.6 Å². The minimum Gasteiger partial charge on any atom is -0.506 e. The smallest absolute Gasteiger partial charge is 0.412 e. The molecule has 2 amide bonds.